The molecule has 2 fully saturated rings. The van der Waals surface area contributed by atoms with Gasteiger partial charge in [0.1, 0.15) is 11.6 Å². The SMILES string of the molecule is Cc1cc(/C=C(\C#N)C(=O)NC2CCCCCCC2)c(C)n1C1CC1. The Morgan fingerprint density at radius 1 is 1.16 bits per heavy atom. The molecule has 0 radical (unpaired) electrons. The number of amides is 1. The largest absolute Gasteiger partial charge is 0.349 e. The molecule has 25 heavy (non-hydrogen) atoms. The van der Waals surface area contributed by atoms with Gasteiger partial charge in [0.2, 0.25) is 0 Å². The van der Waals surface area contributed by atoms with E-state index in [9.17, 15) is 10.1 Å². The molecule has 3 rings (SSSR count). The number of nitriles is 1. The first-order chi connectivity index (χ1) is 12.1. The lowest BCUT2D eigenvalue weighted by atomic mass is 9.96. The van der Waals surface area contributed by atoms with Crippen LogP contribution in [0.25, 0.3) is 6.08 Å². The molecule has 0 bridgehead atoms. The van der Waals surface area contributed by atoms with Crippen LogP contribution in [0.2, 0.25) is 0 Å². The van der Waals surface area contributed by atoms with Gasteiger partial charge in [0.15, 0.2) is 0 Å². The van der Waals surface area contributed by atoms with Crippen molar-refractivity contribution in [1.29, 1.82) is 5.26 Å². The van der Waals surface area contributed by atoms with E-state index in [-0.39, 0.29) is 17.5 Å². The molecule has 134 valence electrons. The van der Waals surface area contributed by atoms with Crippen molar-refractivity contribution in [2.24, 2.45) is 0 Å². The number of hydrogen-bond acceptors (Lipinski definition) is 2. The normalized spacial score (nSPS) is 19.8. The maximum Gasteiger partial charge on any atom is 0.262 e. The molecule has 1 heterocycles. The molecular formula is C21H29N3O. The van der Waals surface area contributed by atoms with Crippen molar-refractivity contribution >= 4 is 12.0 Å². The fourth-order valence-corrected chi connectivity index (χ4v) is 4.01. The first-order valence-corrected chi connectivity index (χ1v) is 9.71. The summed E-state index contributed by atoms with van der Waals surface area (Å²) >= 11 is 0. The van der Waals surface area contributed by atoms with E-state index in [1.54, 1.807) is 6.08 Å². The van der Waals surface area contributed by atoms with E-state index in [4.69, 9.17) is 0 Å². The highest BCUT2D eigenvalue weighted by Crippen LogP contribution is 2.38. The predicted octanol–water partition coefficient (Wildman–Crippen LogP) is 4.58. The molecule has 1 aromatic rings. The molecule has 0 spiro atoms. The minimum atomic E-state index is -0.218. The molecule has 4 heteroatoms. The molecule has 2 aliphatic carbocycles. The summed E-state index contributed by atoms with van der Waals surface area (Å²) in [7, 11) is 0. The quantitative estimate of drug-likeness (QED) is 0.645. The van der Waals surface area contributed by atoms with Crippen LogP contribution in [0.1, 0.15) is 80.8 Å². The van der Waals surface area contributed by atoms with Crippen LogP contribution in [-0.2, 0) is 4.79 Å². The first kappa shape index (κ1) is 17.8. The molecule has 0 saturated heterocycles. The molecule has 0 unspecified atom stereocenters. The van der Waals surface area contributed by atoms with Gasteiger partial charge in [0.25, 0.3) is 5.91 Å². The van der Waals surface area contributed by atoms with Crippen molar-refractivity contribution in [3.63, 3.8) is 0 Å². The minimum absolute atomic E-state index is 0.212. The number of aromatic nitrogens is 1. The summed E-state index contributed by atoms with van der Waals surface area (Å²) in [6.45, 7) is 4.18. The smallest absolute Gasteiger partial charge is 0.262 e. The second-order valence-corrected chi connectivity index (χ2v) is 7.61. The Morgan fingerprint density at radius 3 is 2.40 bits per heavy atom. The third-order valence-corrected chi connectivity index (χ3v) is 5.54. The molecule has 1 aromatic heterocycles. The van der Waals surface area contributed by atoms with E-state index in [1.807, 2.05) is 0 Å². The fourth-order valence-electron chi connectivity index (χ4n) is 4.01. The van der Waals surface area contributed by atoms with Crippen molar-refractivity contribution in [2.45, 2.75) is 83.7 Å². The Labute approximate surface area is 150 Å². The number of aryl methyl sites for hydroxylation is 1. The van der Waals surface area contributed by atoms with Gasteiger partial charge in [-0.05, 0) is 57.2 Å². The fraction of sp³-hybridized carbons (Fsp3) is 0.619. The summed E-state index contributed by atoms with van der Waals surface area (Å²) in [4.78, 5) is 12.6. The van der Waals surface area contributed by atoms with Gasteiger partial charge in [0.05, 0.1) is 0 Å². The zero-order valence-electron chi connectivity index (χ0n) is 15.5. The maximum atomic E-state index is 12.6. The Kier molecular flexibility index (Phi) is 5.63. The van der Waals surface area contributed by atoms with Crippen LogP contribution >= 0.6 is 0 Å². The van der Waals surface area contributed by atoms with Gasteiger partial charge in [-0.3, -0.25) is 4.79 Å². The van der Waals surface area contributed by atoms with Gasteiger partial charge >= 0.3 is 0 Å². The number of hydrogen-bond donors (Lipinski definition) is 1. The van der Waals surface area contributed by atoms with Gasteiger partial charge < -0.3 is 9.88 Å². The molecular weight excluding hydrogens is 310 g/mol. The monoisotopic (exact) mass is 339 g/mol. The van der Waals surface area contributed by atoms with Crippen LogP contribution in [0, 0.1) is 25.2 Å². The number of carbonyl (C=O) groups is 1. The van der Waals surface area contributed by atoms with Gasteiger partial charge in [-0.1, -0.05) is 32.1 Å². The van der Waals surface area contributed by atoms with Gasteiger partial charge in [-0.25, -0.2) is 0 Å². The number of nitrogens with one attached hydrogen (secondary N) is 1. The molecule has 1 amide bonds. The molecule has 1 N–H and O–H groups in total. The van der Waals surface area contributed by atoms with E-state index in [1.165, 1.54) is 50.6 Å². The maximum absolute atomic E-state index is 12.6. The van der Waals surface area contributed by atoms with Crippen LogP contribution in [0.4, 0.5) is 0 Å². The van der Waals surface area contributed by atoms with E-state index in [0.717, 1.165) is 24.1 Å². The summed E-state index contributed by atoms with van der Waals surface area (Å²) < 4.78 is 2.34. The molecule has 0 aliphatic heterocycles. The Balaban J connectivity index is 1.72. The van der Waals surface area contributed by atoms with Gasteiger partial charge in [-0.15, -0.1) is 0 Å². The lowest BCUT2D eigenvalue weighted by Crippen LogP contribution is -2.35. The lowest BCUT2D eigenvalue weighted by molar-refractivity contribution is -0.117. The van der Waals surface area contributed by atoms with Crippen molar-refractivity contribution in [3.8, 4) is 6.07 Å². The Morgan fingerprint density at radius 2 is 1.80 bits per heavy atom. The van der Waals surface area contributed by atoms with E-state index < -0.39 is 0 Å². The second-order valence-electron chi connectivity index (χ2n) is 7.61. The van der Waals surface area contributed by atoms with Crippen LogP contribution in [-0.4, -0.2) is 16.5 Å². The van der Waals surface area contributed by atoms with Gasteiger partial charge in [0, 0.05) is 23.5 Å². The van der Waals surface area contributed by atoms with Crippen molar-refractivity contribution in [3.05, 3.63) is 28.6 Å². The zero-order valence-corrected chi connectivity index (χ0v) is 15.5. The van der Waals surface area contributed by atoms with Crippen molar-refractivity contribution in [2.75, 3.05) is 0 Å². The number of nitrogens with zero attached hydrogens (tertiary/aromatic N) is 2. The predicted molar refractivity (Wildman–Crippen MR) is 100 cm³/mol. The average molecular weight is 339 g/mol. The standard InChI is InChI=1S/C21H29N3O/c1-15-12-17(16(2)24(15)20-10-11-20)13-18(14-22)21(25)23-19-8-6-4-3-5-7-9-19/h12-13,19-20H,3-11H2,1-2H3,(H,23,25)/b18-13+. The lowest BCUT2D eigenvalue weighted by Gasteiger charge is -2.20. The Hall–Kier alpha value is -2.02. The topological polar surface area (TPSA) is 57.8 Å². The summed E-state index contributed by atoms with van der Waals surface area (Å²) in [6, 6.07) is 5.02. The highest BCUT2D eigenvalue weighted by molar-refractivity contribution is 6.02. The Bertz CT molecular complexity index is 695. The summed E-state index contributed by atoms with van der Waals surface area (Å²) in [5.74, 6) is -0.218. The average Bonchev–Trinajstić information content (AvgIpc) is 3.34. The highest BCUT2D eigenvalue weighted by Gasteiger charge is 2.27. The molecule has 0 aromatic carbocycles. The molecule has 2 aliphatic rings. The summed E-state index contributed by atoms with van der Waals surface area (Å²) in [5, 5.41) is 12.6. The van der Waals surface area contributed by atoms with Gasteiger partial charge in [-0.2, -0.15) is 5.26 Å². The minimum Gasteiger partial charge on any atom is -0.349 e. The molecule has 2 saturated carbocycles. The molecule has 4 nitrogen and oxygen atoms in total. The zero-order chi connectivity index (χ0) is 17.8. The summed E-state index contributed by atoms with van der Waals surface area (Å²) in [6.07, 6.45) is 12.4. The highest BCUT2D eigenvalue weighted by atomic mass is 16.1. The van der Waals surface area contributed by atoms with E-state index in [2.05, 4.69) is 35.9 Å². The van der Waals surface area contributed by atoms with Crippen LogP contribution in [0.5, 0.6) is 0 Å². The van der Waals surface area contributed by atoms with Crippen LogP contribution < -0.4 is 5.32 Å². The van der Waals surface area contributed by atoms with Crippen molar-refractivity contribution in [1.82, 2.24) is 9.88 Å². The number of carbonyl (C=O) groups excluding carboxylic acids is 1. The second kappa shape index (κ2) is 7.91. The van der Waals surface area contributed by atoms with E-state index >= 15 is 0 Å². The number of rotatable bonds is 4. The summed E-state index contributed by atoms with van der Waals surface area (Å²) in [5.41, 5.74) is 3.59. The van der Waals surface area contributed by atoms with Crippen LogP contribution in [0.15, 0.2) is 11.6 Å². The molecule has 0 atom stereocenters. The first-order valence-electron chi connectivity index (χ1n) is 9.71. The van der Waals surface area contributed by atoms with E-state index in [0.29, 0.717) is 6.04 Å². The van der Waals surface area contributed by atoms with Crippen molar-refractivity contribution < 1.29 is 4.79 Å². The van der Waals surface area contributed by atoms with Crippen LogP contribution in [0.3, 0.4) is 0 Å². The third-order valence-electron chi connectivity index (χ3n) is 5.54. The third kappa shape index (κ3) is 4.34.